The Kier molecular flexibility index (Phi) is 7.31. The number of nitrogens with zero attached hydrogens (tertiary/aromatic N) is 3. The van der Waals surface area contributed by atoms with E-state index in [1.165, 1.54) is 10.9 Å². The molecule has 192 valence electrons. The van der Waals surface area contributed by atoms with Gasteiger partial charge in [0.25, 0.3) is 5.56 Å². The molecule has 0 aliphatic carbocycles. The number of halogens is 2. The third kappa shape index (κ3) is 5.20. The van der Waals surface area contributed by atoms with Crippen LogP contribution in [0.2, 0.25) is 5.02 Å². The minimum absolute atomic E-state index is 0.224. The maximum Gasteiger partial charge on any atom is 0.347 e. The van der Waals surface area contributed by atoms with Gasteiger partial charge in [0.05, 0.1) is 23.7 Å². The second kappa shape index (κ2) is 10.8. The fourth-order valence-electron chi connectivity index (χ4n) is 3.86. The van der Waals surface area contributed by atoms with Gasteiger partial charge in [0.1, 0.15) is 11.3 Å². The van der Waals surface area contributed by atoms with Crippen LogP contribution in [0.4, 0.5) is 0 Å². The lowest BCUT2D eigenvalue weighted by molar-refractivity contribution is -0.150. The number of fused-ring (bicyclic) bond motifs is 2. The van der Waals surface area contributed by atoms with Gasteiger partial charge in [-0.05, 0) is 68.4 Å². The molecular weight excluding hydrogens is 574 g/mol. The average Bonchev–Trinajstić information content (AvgIpc) is 3.32. The molecule has 8 nitrogen and oxygen atoms in total. The zero-order chi connectivity index (χ0) is 26.8. The molecule has 0 spiro atoms. The number of rotatable bonds is 7. The lowest BCUT2D eigenvalue weighted by atomic mass is 10.2. The van der Waals surface area contributed by atoms with Crippen molar-refractivity contribution < 1.29 is 18.7 Å². The van der Waals surface area contributed by atoms with Crippen molar-refractivity contribution >= 4 is 61.6 Å². The Bertz CT molecular complexity index is 1760. The van der Waals surface area contributed by atoms with Gasteiger partial charge < -0.3 is 13.9 Å². The Morgan fingerprint density at radius 1 is 1.18 bits per heavy atom. The van der Waals surface area contributed by atoms with E-state index in [1.807, 2.05) is 24.3 Å². The van der Waals surface area contributed by atoms with Gasteiger partial charge in [-0.25, -0.2) is 9.78 Å². The van der Waals surface area contributed by atoms with Crippen LogP contribution in [0.3, 0.4) is 0 Å². The van der Waals surface area contributed by atoms with Crippen LogP contribution in [-0.4, -0.2) is 34.6 Å². The van der Waals surface area contributed by atoms with Gasteiger partial charge in [0.15, 0.2) is 11.9 Å². The van der Waals surface area contributed by atoms with E-state index in [1.54, 1.807) is 56.3 Å². The van der Waals surface area contributed by atoms with Crippen LogP contribution in [0.15, 0.2) is 85.5 Å². The summed E-state index contributed by atoms with van der Waals surface area (Å²) < 4.78 is 19.0. The molecule has 2 heterocycles. The molecule has 0 bridgehead atoms. The molecule has 0 N–H and O–H groups in total. The first-order chi connectivity index (χ1) is 18.3. The first-order valence-electron chi connectivity index (χ1n) is 11.7. The molecule has 0 saturated carbocycles. The Hall–Kier alpha value is -3.95. The van der Waals surface area contributed by atoms with E-state index in [2.05, 4.69) is 21.0 Å². The maximum absolute atomic E-state index is 13.5. The molecule has 0 fully saturated rings. The highest BCUT2D eigenvalue weighted by atomic mass is 79.9. The molecule has 3 aromatic carbocycles. The third-order valence-corrected chi connectivity index (χ3v) is 6.39. The SMILES string of the molecule is CCOC(=O)[C@@H](C)Oc1ccc(Cl)cc1C=Nn1c(-c2cc3cc(Br)ccc3o2)nc2ccccc2c1=O. The standard InChI is InChI=1S/C28H21BrClN3O5/c1-3-36-28(35)16(2)37-24-11-9-20(30)13-18(24)15-31-33-26(32-22-7-5-4-6-21(22)27(33)34)25-14-17-12-19(29)8-10-23(17)38-25/h4-16H,3H2,1-2H3/t16-/m1/s1. The highest BCUT2D eigenvalue weighted by molar-refractivity contribution is 9.10. The summed E-state index contributed by atoms with van der Waals surface area (Å²) in [4.78, 5) is 30.3. The number of hydrogen-bond donors (Lipinski definition) is 0. The molecule has 5 rings (SSSR count). The maximum atomic E-state index is 13.5. The monoisotopic (exact) mass is 593 g/mol. The predicted octanol–water partition coefficient (Wildman–Crippen LogP) is 6.44. The van der Waals surface area contributed by atoms with Gasteiger partial charge >= 0.3 is 5.97 Å². The van der Waals surface area contributed by atoms with E-state index < -0.39 is 12.1 Å². The molecule has 0 radical (unpaired) electrons. The number of para-hydroxylation sites is 1. The molecule has 38 heavy (non-hydrogen) atoms. The van der Waals surface area contributed by atoms with Gasteiger partial charge in [-0.1, -0.05) is 39.7 Å². The third-order valence-electron chi connectivity index (χ3n) is 5.66. The van der Waals surface area contributed by atoms with Gasteiger partial charge in [0.2, 0.25) is 5.82 Å². The number of carbonyl (C=O) groups is 1. The summed E-state index contributed by atoms with van der Waals surface area (Å²) in [6.07, 6.45) is 0.568. The number of furan rings is 1. The summed E-state index contributed by atoms with van der Waals surface area (Å²) in [6.45, 7) is 3.54. The van der Waals surface area contributed by atoms with Crippen molar-refractivity contribution in [2.45, 2.75) is 20.0 Å². The van der Waals surface area contributed by atoms with E-state index in [0.717, 1.165) is 9.86 Å². The zero-order valence-electron chi connectivity index (χ0n) is 20.4. The van der Waals surface area contributed by atoms with Crippen LogP contribution < -0.4 is 10.3 Å². The lowest BCUT2D eigenvalue weighted by Crippen LogP contribution is -2.26. The second-order valence-electron chi connectivity index (χ2n) is 8.30. The molecule has 2 aromatic heterocycles. The predicted molar refractivity (Wildman–Crippen MR) is 150 cm³/mol. The second-order valence-corrected chi connectivity index (χ2v) is 9.65. The summed E-state index contributed by atoms with van der Waals surface area (Å²) in [5.41, 5.74) is 1.22. The summed E-state index contributed by atoms with van der Waals surface area (Å²) in [5.74, 6) is 0.438. The Morgan fingerprint density at radius 2 is 2.00 bits per heavy atom. The fourth-order valence-corrected chi connectivity index (χ4v) is 4.42. The minimum Gasteiger partial charge on any atom is -0.478 e. The number of ether oxygens (including phenoxy) is 2. The Morgan fingerprint density at radius 3 is 2.82 bits per heavy atom. The van der Waals surface area contributed by atoms with Crippen LogP contribution >= 0.6 is 27.5 Å². The van der Waals surface area contributed by atoms with Gasteiger partial charge in [-0.2, -0.15) is 9.78 Å². The normalized spacial score (nSPS) is 12.3. The van der Waals surface area contributed by atoms with E-state index >= 15 is 0 Å². The van der Waals surface area contributed by atoms with Crippen molar-refractivity contribution in [3.63, 3.8) is 0 Å². The fraction of sp³-hybridized carbons (Fsp3) is 0.143. The molecule has 0 aliphatic rings. The van der Waals surface area contributed by atoms with E-state index in [-0.39, 0.29) is 18.0 Å². The molecule has 5 aromatic rings. The first kappa shape index (κ1) is 25.7. The molecular formula is C28H21BrClN3O5. The zero-order valence-corrected chi connectivity index (χ0v) is 22.7. The van der Waals surface area contributed by atoms with Crippen LogP contribution in [-0.2, 0) is 9.53 Å². The van der Waals surface area contributed by atoms with Crippen molar-refractivity contribution in [1.82, 2.24) is 9.66 Å². The number of benzene rings is 3. The molecule has 0 saturated heterocycles. The van der Waals surface area contributed by atoms with E-state index in [9.17, 15) is 9.59 Å². The molecule has 1 atom stereocenters. The highest BCUT2D eigenvalue weighted by Crippen LogP contribution is 2.29. The smallest absolute Gasteiger partial charge is 0.347 e. The van der Waals surface area contributed by atoms with Crippen molar-refractivity contribution in [1.29, 1.82) is 0 Å². The summed E-state index contributed by atoms with van der Waals surface area (Å²) in [7, 11) is 0. The summed E-state index contributed by atoms with van der Waals surface area (Å²) in [6, 6.07) is 19.3. The van der Waals surface area contributed by atoms with Crippen molar-refractivity contribution in [3.05, 3.63) is 92.1 Å². The first-order valence-corrected chi connectivity index (χ1v) is 12.9. The van der Waals surface area contributed by atoms with Crippen LogP contribution in [0.5, 0.6) is 5.75 Å². The highest BCUT2D eigenvalue weighted by Gasteiger charge is 2.19. The number of aromatic nitrogens is 2. The quantitative estimate of drug-likeness (QED) is 0.159. The van der Waals surface area contributed by atoms with Gasteiger partial charge in [-0.3, -0.25) is 4.79 Å². The summed E-state index contributed by atoms with van der Waals surface area (Å²) in [5, 5.41) is 6.13. The van der Waals surface area contributed by atoms with Crippen molar-refractivity contribution in [2.24, 2.45) is 5.10 Å². The number of carbonyl (C=O) groups excluding carboxylic acids is 1. The van der Waals surface area contributed by atoms with Crippen molar-refractivity contribution in [3.8, 4) is 17.3 Å². The Labute approximate surface area is 230 Å². The summed E-state index contributed by atoms with van der Waals surface area (Å²) >= 11 is 9.70. The lowest BCUT2D eigenvalue weighted by Gasteiger charge is -2.15. The van der Waals surface area contributed by atoms with E-state index in [0.29, 0.717) is 38.6 Å². The van der Waals surface area contributed by atoms with E-state index in [4.69, 9.17) is 30.5 Å². The largest absolute Gasteiger partial charge is 0.478 e. The molecule has 0 amide bonds. The Balaban J connectivity index is 1.63. The molecule has 0 aliphatic heterocycles. The van der Waals surface area contributed by atoms with Crippen LogP contribution in [0, 0.1) is 0 Å². The average molecular weight is 595 g/mol. The number of esters is 1. The van der Waals surface area contributed by atoms with Crippen molar-refractivity contribution in [2.75, 3.05) is 6.61 Å². The van der Waals surface area contributed by atoms with Crippen LogP contribution in [0.1, 0.15) is 19.4 Å². The topological polar surface area (TPSA) is 95.9 Å². The molecule has 10 heteroatoms. The minimum atomic E-state index is -0.862. The van der Waals surface area contributed by atoms with Crippen LogP contribution in [0.25, 0.3) is 33.5 Å². The number of hydrogen-bond acceptors (Lipinski definition) is 7. The van der Waals surface area contributed by atoms with Gasteiger partial charge in [0, 0.05) is 20.4 Å². The van der Waals surface area contributed by atoms with Gasteiger partial charge in [-0.15, -0.1) is 0 Å². The molecule has 0 unspecified atom stereocenters.